The van der Waals surface area contributed by atoms with Gasteiger partial charge in [0.05, 0.1) is 24.4 Å². The first kappa shape index (κ1) is 23.8. The van der Waals surface area contributed by atoms with Gasteiger partial charge in [-0.1, -0.05) is 48.0 Å². The molecule has 0 aliphatic carbocycles. The van der Waals surface area contributed by atoms with Crippen LogP contribution in [0.15, 0.2) is 59.5 Å². The SMILES string of the molecule is CO[C@@H]1O[C@H](COS(C)(=O)=O)[C@H](S(=O)(=O)c2ccc(C)cc2)[C@H]1OCc1ccccc1. The Kier molecular flexibility index (Phi) is 7.51. The van der Waals surface area contributed by atoms with E-state index in [0.717, 1.165) is 17.4 Å². The number of hydrogen-bond donors (Lipinski definition) is 0. The summed E-state index contributed by atoms with van der Waals surface area (Å²) >= 11 is 0. The lowest BCUT2D eigenvalue weighted by atomic mass is 10.2. The maximum atomic E-state index is 13.5. The zero-order valence-corrected chi connectivity index (χ0v) is 19.1. The summed E-state index contributed by atoms with van der Waals surface area (Å²) in [5.74, 6) is 0. The number of methoxy groups -OCH3 is 1. The van der Waals surface area contributed by atoms with Gasteiger partial charge in [0.1, 0.15) is 17.5 Å². The Morgan fingerprint density at radius 2 is 1.61 bits per heavy atom. The first-order valence-corrected chi connectivity index (χ1v) is 13.0. The highest BCUT2D eigenvalue weighted by molar-refractivity contribution is 7.92. The van der Waals surface area contributed by atoms with E-state index < -0.39 is 50.3 Å². The fourth-order valence-electron chi connectivity index (χ4n) is 3.41. The molecule has 0 amide bonds. The third kappa shape index (κ3) is 5.91. The maximum absolute atomic E-state index is 13.5. The van der Waals surface area contributed by atoms with Crippen LogP contribution in [0.4, 0.5) is 0 Å². The molecule has 31 heavy (non-hydrogen) atoms. The Morgan fingerprint density at radius 1 is 0.968 bits per heavy atom. The van der Waals surface area contributed by atoms with E-state index in [-0.39, 0.29) is 11.5 Å². The molecular formula is C21H26O8S2. The molecular weight excluding hydrogens is 444 g/mol. The molecule has 2 aromatic rings. The van der Waals surface area contributed by atoms with Gasteiger partial charge in [-0.15, -0.1) is 0 Å². The second-order valence-electron chi connectivity index (χ2n) is 7.35. The molecule has 0 radical (unpaired) electrons. The van der Waals surface area contributed by atoms with E-state index >= 15 is 0 Å². The topological polar surface area (TPSA) is 105 Å². The quantitative estimate of drug-likeness (QED) is 0.513. The highest BCUT2D eigenvalue weighted by atomic mass is 32.2. The van der Waals surface area contributed by atoms with Gasteiger partial charge >= 0.3 is 0 Å². The Morgan fingerprint density at radius 3 is 2.19 bits per heavy atom. The summed E-state index contributed by atoms with van der Waals surface area (Å²) in [4.78, 5) is 0.0844. The molecule has 1 saturated heterocycles. The highest BCUT2D eigenvalue weighted by Crippen LogP contribution is 2.34. The zero-order valence-electron chi connectivity index (χ0n) is 17.5. The summed E-state index contributed by atoms with van der Waals surface area (Å²) in [6.45, 7) is 1.51. The lowest BCUT2D eigenvalue weighted by molar-refractivity contribution is -0.166. The number of benzene rings is 2. The third-order valence-corrected chi connectivity index (χ3v) is 7.72. The minimum Gasteiger partial charge on any atom is -0.367 e. The Bertz CT molecular complexity index is 1070. The van der Waals surface area contributed by atoms with Gasteiger partial charge in [0.2, 0.25) is 0 Å². The van der Waals surface area contributed by atoms with Crippen molar-refractivity contribution >= 4 is 20.0 Å². The van der Waals surface area contributed by atoms with Crippen LogP contribution in [0.3, 0.4) is 0 Å². The molecule has 3 rings (SSSR count). The molecule has 0 aromatic heterocycles. The van der Waals surface area contributed by atoms with E-state index in [9.17, 15) is 16.8 Å². The lowest BCUT2D eigenvalue weighted by Gasteiger charge is -2.24. The molecule has 0 N–H and O–H groups in total. The molecule has 1 heterocycles. The van der Waals surface area contributed by atoms with Crippen LogP contribution in [0.5, 0.6) is 0 Å². The molecule has 0 spiro atoms. The van der Waals surface area contributed by atoms with Crippen LogP contribution in [0, 0.1) is 6.92 Å². The first-order valence-electron chi connectivity index (χ1n) is 9.60. The maximum Gasteiger partial charge on any atom is 0.264 e. The molecule has 0 unspecified atom stereocenters. The van der Waals surface area contributed by atoms with Crippen molar-refractivity contribution in [2.24, 2.45) is 0 Å². The molecule has 1 fully saturated rings. The van der Waals surface area contributed by atoms with Crippen molar-refractivity contribution in [3.05, 3.63) is 65.7 Å². The fraction of sp³-hybridized carbons (Fsp3) is 0.429. The molecule has 8 nitrogen and oxygen atoms in total. The predicted octanol–water partition coefficient (Wildman–Crippen LogP) is 2.07. The number of sulfone groups is 1. The van der Waals surface area contributed by atoms with E-state index in [0.29, 0.717) is 0 Å². The molecule has 2 aromatic carbocycles. The number of hydrogen-bond acceptors (Lipinski definition) is 8. The van der Waals surface area contributed by atoms with Crippen LogP contribution in [0.1, 0.15) is 11.1 Å². The van der Waals surface area contributed by atoms with Gasteiger partial charge in [0.25, 0.3) is 10.1 Å². The van der Waals surface area contributed by atoms with Crippen LogP contribution >= 0.6 is 0 Å². The van der Waals surface area contributed by atoms with Crippen molar-refractivity contribution in [1.82, 2.24) is 0 Å². The standard InChI is InChI=1S/C21H26O8S2/c1-15-9-11-17(12-10-15)31(24,25)20-18(14-28-30(3,22)23)29-21(26-2)19(20)27-13-16-7-5-4-6-8-16/h4-12,18-21H,13-14H2,1-3H3/t18-,19-,20+,21-/m1/s1. The zero-order chi connectivity index (χ0) is 22.6. The second-order valence-corrected chi connectivity index (χ2v) is 11.1. The monoisotopic (exact) mass is 470 g/mol. The molecule has 170 valence electrons. The second kappa shape index (κ2) is 9.76. The molecule has 1 aliphatic heterocycles. The third-order valence-electron chi connectivity index (χ3n) is 4.94. The Labute approximate surface area is 183 Å². The lowest BCUT2D eigenvalue weighted by Crippen LogP contribution is -2.43. The molecule has 0 saturated carbocycles. The first-order chi connectivity index (χ1) is 14.6. The van der Waals surface area contributed by atoms with Crippen molar-refractivity contribution in [1.29, 1.82) is 0 Å². The van der Waals surface area contributed by atoms with Gasteiger partial charge in [0, 0.05) is 7.11 Å². The number of ether oxygens (including phenoxy) is 3. The molecule has 10 heteroatoms. The summed E-state index contributed by atoms with van der Waals surface area (Å²) in [5, 5.41) is -1.23. The minimum atomic E-state index is -3.97. The summed E-state index contributed by atoms with van der Waals surface area (Å²) in [5.41, 5.74) is 1.75. The average Bonchev–Trinajstić information content (AvgIpc) is 3.10. The summed E-state index contributed by atoms with van der Waals surface area (Å²) < 4.78 is 72.0. The number of aryl methyl sites for hydroxylation is 1. The van der Waals surface area contributed by atoms with Crippen molar-refractivity contribution < 1.29 is 35.2 Å². The van der Waals surface area contributed by atoms with Crippen LogP contribution < -0.4 is 0 Å². The van der Waals surface area contributed by atoms with Gasteiger partial charge in [0.15, 0.2) is 16.1 Å². The van der Waals surface area contributed by atoms with E-state index in [1.165, 1.54) is 19.2 Å². The van der Waals surface area contributed by atoms with E-state index in [1.807, 2.05) is 37.3 Å². The van der Waals surface area contributed by atoms with Crippen LogP contribution in [-0.2, 0) is 45.0 Å². The van der Waals surface area contributed by atoms with Crippen molar-refractivity contribution in [3.8, 4) is 0 Å². The Hall–Kier alpha value is -1.82. The van der Waals surface area contributed by atoms with E-state index in [2.05, 4.69) is 0 Å². The predicted molar refractivity (Wildman–Crippen MR) is 114 cm³/mol. The molecule has 1 aliphatic rings. The molecule has 4 atom stereocenters. The normalized spacial score (nSPS) is 24.4. The van der Waals surface area contributed by atoms with E-state index in [1.54, 1.807) is 12.1 Å². The largest absolute Gasteiger partial charge is 0.367 e. The van der Waals surface area contributed by atoms with Gasteiger partial charge < -0.3 is 14.2 Å². The molecule has 0 bridgehead atoms. The summed E-state index contributed by atoms with van der Waals surface area (Å²) in [7, 11) is -6.40. The number of rotatable bonds is 9. The van der Waals surface area contributed by atoms with Crippen molar-refractivity contribution in [3.63, 3.8) is 0 Å². The van der Waals surface area contributed by atoms with Gasteiger partial charge in [-0.25, -0.2) is 8.42 Å². The van der Waals surface area contributed by atoms with E-state index in [4.69, 9.17) is 18.4 Å². The summed E-state index contributed by atoms with van der Waals surface area (Å²) in [6.07, 6.45) is -2.22. The van der Waals surface area contributed by atoms with Gasteiger partial charge in [-0.05, 0) is 24.6 Å². The van der Waals surface area contributed by atoms with Gasteiger partial charge in [-0.2, -0.15) is 8.42 Å². The van der Waals surface area contributed by atoms with Crippen LogP contribution in [0.2, 0.25) is 0 Å². The smallest absolute Gasteiger partial charge is 0.264 e. The summed E-state index contributed by atoms with van der Waals surface area (Å²) in [6, 6.07) is 15.7. The minimum absolute atomic E-state index is 0.0844. The highest BCUT2D eigenvalue weighted by Gasteiger charge is 2.53. The Balaban J connectivity index is 1.95. The van der Waals surface area contributed by atoms with Gasteiger partial charge in [-0.3, -0.25) is 4.18 Å². The van der Waals surface area contributed by atoms with Crippen molar-refractivity contribution in [2.45, 2.75) is 42.2 Å². The average molecular weight is 471 g/mol. The van der Waals surface area contributed by atoms with Crippen LogP contribution in [0.25, 0.3) is 0 Å². The van der Waals surface area contributed by atoms with Crippen molar-refractivity contribution in [2.75, 3.05) is 20.0 Å². The fourth-order valence-corrected chi connectivity index (χ4v) is 5.72. The van der Waals surface area contributed by atoms with Crippen LogP contribution in [-0.4, -0.2) is 60.6 Å².